The van der Waals surface area contributed by atoms with Crippen molar-refractivity contribution in [3.8, 4) is 11.4 Å². The Labute approximate surface area is 98.2 Å². The number of nitrogens with zero attached hydrogens (tertiary/aromatic N) is 3. The van der Waals surface area contributed by atoms with Gasteiger partial charge < -0.3 is 5.73 Å². The summed E-state index contributed by atoms with van der Waals surface area (Å²) in [6, 6.07) is 9.87. The zero-order valence-electron chi connectivity index (χ0n) is 9.04. The number of aromatic nitrogens is 3. The van der Waals surface area contributed by atoms with Crippen LogP contribution in [-0.2, 0) is 0 Å². The monoisotopic (exact) mass is 222 g/mol. The number of fused-ring (bicyclic) bond motifs is 1. The maximum absolute atomic E-state index is 5.56. The van der Waals surface area contributed by atoms with Crippen LogP contribution in [-0.4, -0.2) is 15.0 Å². The van der Waals surface area contributed by atoms with E-state index in [2.05, 4.69) is 15.0 Å². The van der Waals surface area contributed by atoms with Gasteiger partial charge in [-0.3, -0.25) is 4.98 Å². The van der Waals surface area contributed by atoms with Crippen LogP contribution in [0.4, 0.5) is 5.69 Å². The summed E-state index contributed by atoms with van der Waals surface area (Å²) in [4.78, 5) is 12.7. The number of nitrogens with two attached hydrogens (primary N) is 1. The fraction of sp³-hybridized carbons (Fsp3) is 0. The molecule has 0 saturated heterocycles. The fourth-order valence-corrected chi connectivity index (χ4v) is 1.70. The highest BCUT2D eigenvalue weighted by atomic mass is 14.9. The molecule has 82 valence electrons. The fourth-order valence-electron chi connectivity index (χ4n) is 1.70. The van der Waals surface area contributed by atoms with E-state index < -0.39 is 0 Å². The zero-order chi connectivity index (χ0) is 11.7. The number of hydrogen-bond donors (Lipinski definition) is 1. The summed E-state index contributed by atoms with van der Waals surface area (Å²) >= 11 is 0. The Bertz CT molecular complexity index is 662. The standard InChI is InChI=1S/C13H10N4/c14-11-7-16-13(17-8-11)10-3-4-12-9(6-10)2-1-5-15-12/h1-8H,14H2. The lowest BCUT2D eigenvalue weighted by Gasteiger charge is -2.02. The lowest BCUT2D eigenvalue weighted by atomic mass is 10.1. The van der Waals surface area contributed by atoms with Gasteiger partial charge in [-0.05, 0) is 24.3 Å². The van der Waals surface area contributed by atoms with Crippen molar-refractivity contribution in [3.63, 3.8) is 0 Å². The Morgan fingerprint density at radius 2 is 1.76 bits per heavy atom. The SMILES string of the molecule is Nc1cnc(-c2ccc3ncccc3c2)nc1. The van der Waals surface area contributed by atoms with Crippen molar-refractivity contribution in [1.29, 1.82) is 0 Å². The molecule has 17 heavy (non-hydrogen) atoms. The normalized spacial score (nSPS) is 10.6. The van der Waals surface area contributed by atoms with Gasteiger partial charge in [0.25, 0.3) is 0 Å². The molecule has 2 heterocycles. The van der Waals surface area contributed by atoms with Crippen molar-refractivity contribution < 1.29 is 0 Å². The summed E-state index contributed by atoms with van der Waals surface area (Å²) in [5, 5.41) is 1.07. The van der Waals surface area contributed by atoms with Crippen molar-refractivity contribution in [3.05, 3.63) is 48.9 Å². The third-order valence-corrected chi connectivity index (χ3v) is 2.53. The van der Waals surface area contributed by atoms with E-state index in [4.69, 9.17) is 5.73 Å². The molecule has 0 spiro atoms. The summed E-state index contributed by atoms with van der Waals surface area (Å²) in [7, 11) is 0. The van der Waals surface area contributed by atoms with Gasteiger partial charge in [-0.25, -0.2) is 9.97 Å². The Hall–Kier alpha value is -2.49. The minimum Gasteiger partial charge on any atom is -0.396 e. The highest BCUT2D eigenvalue weighted by Crippen LogP contribution is 2.20. The van der Waals surface area contributed by atoms with E-state index in [-0.39, 0.29) is 0 Å². The summed E-state index contributed by atoms with van der Waals surface area (Å²) < 4.78 is 0. The molecule has 2 N–H and O–H groups in total. The Kier molecular flexibility index (Phi) is 2.19. The molecule has 0 aliphatic heterocycles. The predicted octanol–water partition coefficient (Wildman–Crippen LogP) is 2.27. The van der Waals surface area contributed by atoms with Crippen molar-refractivity contribution in [2.45, 2.75) is 0 Å². The molecule has 0 fully saturated rings. The molecule has 0 bridgehead atoms. The van der Waals surface area contributed by atoms with Crippen LogP contribution in [0.3, 0.4) is 0 Å². The number of nitrogen functional groups attached to an aromatic ring is 1. The second-order valence-corrected chi connectivity index (χ2v) is 3.75. The molecule has 3 rings (SSSR count). The van der Waals surface area contributed by atoms with Crippen molar-refractivity contribution in [2.24, 2.45) is 0 Å². The number of rotatable bonds is 1. The third kappa shape index (κ3) is 1.80. The maximum Gasteiger partial charge on any atom is 0.159 e. The molecule has 1 aromatic carbocycles. The first-order chi connectivity index (χ1) is 8.33. The molecular formula is C13H10N4. The number of benzene rings is 1. The second-order valence-electron chi connectivity index (χ2n) is 3.75. The molecule has 0 saturated carbocycles. The van der Waals surface area contributed by atoms with Gasteiger partial charge in [0.1, 0.15) is 0 Å². The summed E-state index contributed by atoms with van der Waals surface area (Å²) in [5.41, 5.74) is 8.05. The van der Waals surface area contributed by atoms with Gasteiger partial charge in [0.15, 0.2) is 5.82 Å². The summed E-state index contributed by atoms with van der Waals surface area (Å²) in [5.74, 6) is 0.671. The highest BCUT2D eigenvalue weighted by Gasteiger charge is 2.02. The summed E-state index contributed by atoms with van der Waals surface area (Å²) in [6.07, 6.45) is 4.99. The zero-order valence-corrected chi connectivity index (χ0v) is 9.04. The predicted molar refractivity (Wildman–Crippen MR) is 67.2 cm³/mol. The van der Waals surface area contributed by atoms with Crippen LogP contribution in [0.2, 0.25) is 0 Å². The van der Waals surface area contributed by atoms with Crippen molar-refractivity contribution >= 4 is 16.6 Å². The van der Waals surface area contributed by atoms with Gasteiger partial charge in [0.05, 0.1) is 23.6 Å². The van der Waals surface area contributed by atoms with Crippen LogP contribution in [0.5, 0.6) is 0 Å². The second kappa shape index (κ2) is 3.83. The molecule has 0 aliphatic rings. The molecule has 4 heteroatoms. The lowest BCUT2D eigenvalue weighted by Crippen LogP contribution is -1.92. The summed E-state index contributed by atoms with van der Waals surface area (Å²) in [6.45, 7) is 0. The van der Waals surface area contributed by atoms with Crippen LogP contribution in [0.1, 0.15) is 0 Å². The van der Waals surface area contributed by atoms with E-state index in [0.29, 0.717) is 11.5 Å². The lowest BCUT2D eigenvalue weighted by molar-refractivity contribution is 1.18. The first-order valence-electron chi connectivity index (χ1n) is 5.25. The van der Waals surface area contributed by atoms with Gasteiger partial charge in [-0.15, -0.1) is 0 Å². The molecule has 0 atom stereocenters. The smallest absolute Gasteiger partial charge is 0.159 e. The van der Waals surface area contributed by atoms with Gasteiger partial charge >= 0.3 is 0 Å². The maximum atomic E-state index is 5.56. The highest BCUT2D eigenvalue weighted by molar-refractivity contribution is 5.83. The quantitative estimate of drug-likeness (QED) is 0.686. The molecule has 4 nitrogen and oxygen atoms in total. The Balaban J connectivity index is 2.14. The number of hydrogen-bond acceptors (Lipinski definition) is 4. The van der Waals surface area contributed by atoms with Crippen molar-refractivity contribution in [2.75, 3.05) is 5.73 Å². The van der Waals surface area contributed by atoms with Crippen LogP contribution in [0.15, 0.2) is 48.9 Å². The molecular weight excluding hydrogens is 212 g/mol. The third-order valence-electron chi connectivity index (χ3n) is 2.53. The first-order valence-corrected chi connectivity index (χ1v) is 5.25. The van der Waals surface area contributed by atoms with E-state index in [1.165, 1.54) is 0 Å². The van der Waals surface area contributed by atoms with Gasteiger partial charge in [-0.1, -0.05) is 6.07 Å². The van der Waals surface area contributed by atoms with Gasteiger partial charge in [0.2, 0.25) is 0 Å². The van der Waals surface area contributed by atoms with E-state index in [1.807, 2.05) is 30.3 Å². The largest absolute Gasteiger partial charge is 0.396 e. The molecule has 2 aromatic heterocycles. The van der Waals surface area contributed by atoms with Crippen molar-refractivity contribution in [1.82, 2.24) is 15.0 Å². The van der Waals surface area contributed by atoms with Crippen LogP contribution in [0.25, 0.3) is 22.3 Å². The molecule has 0 amide bonds. The number of pyridine rings is 1. The van der Waals surface area contributed by atoms with Crippen LogP contribution >= 0.6 is 0 Å². The Morgan fingerprint density at radius 1 is 0.941 bits per heavy atom. The van der Waals surface area contributed by atoms with Crippen LogP contribution in [0, 0.1) is 0 Å². The molecule has 0 unspecified atom stereocenters. The molecule has 0 aliphatic carbocycles. The molecule has 0 radical (unpaired) electrons. The average Bonchev–Trinajstić information content (AvgIpc) is 2.39. The first kappa shape index (κ1) is 9.72. The minimum absolute atomic E-state index is 0.566. The van der Waals surface area contributed by atoms with Gasteiger partial charge in [0, 0.05) is 17.1 Å². The average molecular weight is 222 g/mol. The van der Waals surface area contributed by atoms with Crippen LogP contribution < -0.4 is 5.73 Å². The topological polar surface area (TPSA) is 64.7 Å². The van der Waals surface area contributed by atoms with E-state index >= 15 is 0 Å². The number of anilines is 1. The van der Waals surface area contributed by atoms with E-state index in [0.717, 1.165) is 16.5 Å². The molecule has 3 aromatic rings. The minimum atomic E-state index is 0.566. The van der Waals surface area contributed by atoms with E-state index in [1.54, 1.807) is 18.6 Å². The Morgan fingerprint density at radius 3 is 2.59 bits per heavy atom. The van der Waals surface area contributed by atoms with E-state index in [9.17, 15) is 0 Å². The van der Waals surface area contributed by atoms with Gasteiger partial charge in [-0.2, -0.15) is 0 Å².